The molecule has 1 radical (unpaired) electrons. The van der Waals surface area contributed by atoms with Gasteiger partial charge in [-0.1, -0.05) is 89.5 Å². The van der Waals surface area contributed by atoms with Crippen molar-refractivity contribution in [3.05, 3.63) is 89.5 Å². The Morgan fingerprint density at radius 1 is 0.478 bits per heavy atom. The van der Waals surface area contributed by atoms with E-state index in [4.69, 9.17) is 0 Å². The van der Waals surface area contributed by atoms with Crippen LogP contribution in [-0.4, -0.2) is 8.24 Å². The third-order valence-corrected chi connectivity index (χ3v) is 8.05. The standard InChI is InChI=1S/C21H22NSi/c1-16-4-10-19(11-5-16)23(22,20-12-6-17(2)7-13-20)21-14-8-18(3)9-15-21/h4-15,22H,1-3H3. The molecule has 0 spiro atoms. The van der Waals surface area contributed by atoms with Gasteiger partial charge < -0.3 is 0 Å². The molecule has 0 unspecified atom stereocenters. The van der Waals surface area contributed by atoms with Crippen LogP contribution in [0.4, 0.5) is 0 Å². The summed E-state index contributed by atoms with van der Waals surface area (Å²) < 4.78 is 0. The molecule has 3 rings (SSSR count). The maximum absolute atomic E-state index is 9.49. The number of hydrogen-bond acceptors (Lipinski definition) is 0. The normalized spacial score (nSPS) is 11.5. The number of nitrogens with one attached hydrogen (secondary N) is 1. The summed E-state index contributed by atoms with van der Waals surface area (Å²) in [5.41, 5.74) is 3.70. The van der Waals surface area contributed by atoms with E-state index in [1.54, 1.807) is 0 Å². The van der Waals surface area contributed by atoms with Crippen LogP contribution < -0.4 is 21.0 Å². The first-order valence-corrected chi connectivity index (χ1v) is 9.96. The Morgan fingerprint density at radius 2 is 0.696 bits per heavy atom. The van der Waals surface area contributed by atoms with Gasteiger partial charge in [0, 0.05) is 0 Å². The lowest BCUT2D eigenvalue weighted by Gasteiger charge is -2.28. The molecule has 0 heterocycles. The van der Waals surface area contributed by atoms with Gasteiger partial charge in [0.2, 0.25) is 8.24 Å². The van der Waals surface area contributed by atoms with Crippen LogP contribution in [0, 0.1) is 20.8 Å². The van der Waals surface area contributed by atoms with Crippen LogP contribution in [0.1, 0.15) is 16.7 Å². The quantitative estimate of drug-likeness (QED) is 0.524. The maximum atomic E-state index is 9.49. The van der Waals surface area contributed by atoms with Gasteiger partial charge in [-0.25, -0.2) is 0 Å². The summed E-state index contributed by atoms with van der Waals surface area (Å²) in [4.78, 5) is 0. The molecule has 23 heavy (non-hydrogen) atoms. The molecular formula is C21H22NSi. The van der Waals surface area contributed by atoms with Crippen molar-refractivity contribution in [1.82, 2.24) is 5.40 Å². The van der Waals surface area contributed by atoms with Crippen molar-refractivity contribution < 1.29 is 0 Å². The monoisotopic (exact) mass is 316 g/mol. The van der Waals surface area contributed by atoms with Gasteiger partial charge in [-0.2, -0.15) is 0 Å². The van der Waals surface area contributed by atoms with E-state index in [1.807, 2.05) is 0 Å². The van der Waals surface area contributed by atoms with Gasteiger partial charge in [0.25, 0.3) is 0 Å². The zero-order valence-electron chi connectivity index (χ0n) is 13.9. The van der Waals surface area contributed by atoms with Crippen LogP contribution in [-0.2, 0) is 0 Å². The minimum Gasteiger partial charge on any atom is -0.271 e. The van der Waals surface area contributed by atoms with Crippen molar-refractivity contribution in [2.75, 3.05) is 0 Å². The molecule has 2 heteroatoms. The molecule has 3 aromatic carbocycles. The molecule has 3 aromatic rings. The summed E-state index contributed by atoms with van der Waals surface area (Å²) in [6.07, 6.45) is 0. The van der Waals surface area contributed by atoms with Crippen molar-refractivity contribution in [3.63, 3.8) is 0 Å². The molecule has 0 saturated heterocycles. The lowest BCUT2D eigenvalue weighted by Crippen LogP contribution is -2.68. The average molecular weight is 317 g/mol. The zero-order chi connectivity index (χ0) is 16.4. The van der Waals surface area contributed by atoms with Gasteiger partial charge in [-0.3, -0.25) is 5.40 Å². The molecular weight excluding hydrogens is 294 g/mol. The van der Waals surface area contributed by atoms with Crippen molar-refractivity contribution in [2.45, 2.75) is 20.8 Å². The lowest BCUT2D eigenvalue weighted by molar-refractivity contribution is 1.45. The molecule has 0 aliphatic rings. The number of aryl methyl sites for hydroxylation is 3. The summed E-state index contributed by atoms with van der Waals surface area (Å²) in [5.74, 6) is 0. The van der Waals surface area contributed by atoms with Crippen molar-refractivity contribution in [3.8, 4) is 0 Å². The Bertz CT molecular complexity index is 676. The zero-order valence-corrected chi connectivity index (χ0v) is 14.9. The van der Waals surface area contributed by atoms with Crippen LogP contribution in [0.15, 0.2) is 72.8 Å². The Balaban J connectivity index is 2.21. The van der Waals surface area contributed by atoms with Crippen molar-refractivity contribution in [1.29, 1.82) is 0 Å². The third kappa shape index (κ3) is 3.00. The Kier molecular flexibility index (Phi) is 4.20. The molecule has 0 atom stereocenters. The van der Waals surface area contributed by atoms with E-state index in [1.165, 1.54) is 16.7 Å². The number of rotatable bonds is 3. The second kappa shape index (κ2) is 6.15. The molecule has 1 nitrogen and oxygen atoms in total. The van der Waals surface area contributed by atoms with E-state index in [-0.39, 0.29) is 0 Å². The largest absolute Gasteiger partial charge is 0.271 e. The highest BCUT2D eigenvalue weighted by Crippen LogP contribution is 2.07. The van der Waals surface area contributed by atoms with Crippen LogP contribution >= 0.6 is 0 Å². The third-order valence-electron chi connectivity index (χ3n) is 4.45. The second-order valence-electron chi connectivity index (χ2n) is 6.35. The maximum Gasteiger partial charge on any atom is 0.235 e. The number of benzene rings is 3. The highest BCUT2D eigenvalue weighted by molar-refractivity contribution is 7.09. The Hall–Kier alpha value is -2.16. The predicted molar refractivity (Wildman–Crippen MR) is 101 cm³/mol. The summed E-state index contributed by atoms with van der Waals surface area (Å²) in [7, 11) is -2.70. The first kappa shape index (κ1) is 15.7. The van der Waals surface area contributed by atoms with E-state index in [0.717, 1.165) is 15.6 Å². The van der Waals surface area contributed by atoms with E-state index < -0.39 is 8.24 Å². The summed E-state index contributed by atoms with van der Waals surface area (Å²) >= 11 is 0. The van der Waals surface area contributed by atoms with E-state index in [9.17, 15) is 5.40 Å². The van der Waals surface area contributed by atoms with Gasteiger partial charge in [-0.05, 0) is 36.3 Å². The van der Waals surface area contributed by atoms with Gasteiger partial charge in [-0.15, -0.1) is 0 Å². The first-order valence-electron chi connectivity index (χ1n) is 7.96. The molecule has 0 aromatic heterocycles. The SMILES string of the molecule is Cc1ccc([Si]([NH])(c2ccc(C)cc2)c2ccc(C)cc2)cc1. The Morgan fingerprint density at radius 3 is 0.913 bits per heavy atom. The molecule has 115 valence electrons. The molecule has 0 fully saturated rings. The minimum absolute atomic E-state index is 1.14. The van der Waals surface area contributed by atoms with Crippen LogP contribution in [0.3, 0.4) is 0 Å². The minimum atomic E-state index is -2.70. The van der Waals surface area contributed by atoms with Crippen molar-refractivity contribution in [2.24, 2.45) is 0 Å². The summed E-state index contributed by atoms with van der Waals surface area (Å²) in [5, 5.41) is 12.9. The van der Waals surface area contributed by atoms with Crippen LogP contribution in [0.5, 0.6) is 0 Å². The van der Waals surface area contributed by atoms with E-state index in [0.29, 0.717) is 0 Å². The smallest absolute Gasteiger partial charge is 0.235 e. The van der Waals surface area contributed by atoms with Crippen LogP contribution in [0.25, 0.3) is 0 Å². The topological polar surface area (TPSA) is 23.8 Å². The fourth-order valence-corrected chi connectivity index (χ4v) is 5.91. The fourth-order valence-electron chi connectivity index (χ4n) is 2.91. The lowest BCUT2D eigenvalue weighted by atomic mass is 10.2. The van der Waals surface area contributed by atoms with Gasteiger partial charge in [0.15, 0.2) is 0 Å². The van der Waals surface area contributed by atoms with Crippen molar-refractivity contribution >= 4 is 23.8 Å². The Labute approximate surface area is 139 Å². The number of hydrogen-bond donors (Lipinski definition) is 0. The van der Waals surface area contributed by atoms with Gasteiger partial charge in [0.05, 0.1) is 0 Å². The van der Waals surface area contributed by atoms with Gasteiger partial charge >= 0.3 is 0 Å². The van der Waals surface area contributed by atoms with Crippen LogP contribution in [0.2, 0.25) is 0 Å². The van der Waals surface area contributed by atoms with E-state index in [2.05, 4.69) is 93.6 Å². The van der Waals surface area contributed by atoms with E-state index >= 15 is 0 Å². The summed E-state index contributed by atoms with van der Waals surface area (Å²) in [6, 6.07) is 25.5. The van der Waals surface area contributed by atoms with Gasteiger partial charge in [0.1, 0.15) is 0 Å². The highest BCUT2D eigenvalue weighted by Gasteiger charge is 2.36. The predicted octanol–water partition coefficient (Wildman–Crippen LogP) is 2.86. The highest BCUT2D eigenvalue weighted by atomic mass is 28.3. The summed E-state index contributed by atoms with van der Waals surface area (Å²) in [6.45, 7) is 6.28. The molecule has 0 aliphatic carbocycles. The fraction of sp³-hybridized carbons (Fsp3) is 0.143. The second-order valence-corrected chi connectivity index (χ2v) is 9.58. The molecule has 0 aliphatic heterocycles. The molecule has 0 saturated carbocycles. The first-order chi connectivity index (χ1) is 11.0. The molecule has 1 N–H and O–H groups in total. The molecule has 0 bridgehead atoms. The molecule has 0 amide bonds. The average Bonchev–Trinajstić information content (AvgIpc) is 2.56.